The summed E-state index contributed by atoms with van der Waals surface area (Å²) in [5.74, 6) is 0.333. The normalized spacial score (nSPS) is 20.5. The molecule has 2 rings (SSSR count). The highest BCUT2D eigenvalue weighted by molar-refractivity contribution is 5.90. The van der Waals surface area contributed by atoms with Gasteiger partial charge in [0, 0.05) is 6.54 Å². The van der Waals surface area contributed by atoms with E-state index >= 15 is 0 Å². The third-order valence-corrected chi connectivity index (χ3v) is 2.34. The largest absolute Gasteiger partial charge is 0.349 e. The van der Waals surface area contributed by atoms with Crippen molar-refractivity contribution < 1.29 is 9.32 Å². The van der Waals surface area contributed by atoms with Gasteiger partial charge in [0.05, 0.1) is 6.04 Å². The molecule has 0 aromatic carbocycles. The molecule has 1 aliphatic heterocycles. The zero-order chi connectivity index (χ0) is 10.7. The average Bonchev–Trinajstić information content (AvgIpc) is 2.89. The molecule has 2 heterocycles. The third kappa shape index (κ3) is 2.15. The molecule has 6 heteroatoms. The number of nitrogens with one attached hydrogen (secondary N) is 2. The molecule has 1 atom stereocenters. The SMILES string of the molecule is CCNC(=O)c1noc([C@@H]2CCCN2)n1. The molecule has 0 aliphatic carbocycles. The van der Waals surface area contributed by atoms with Gasteiger partial charge in [-0.05, 0) is 26.3 Å². The molecule has 1 aromatic heterocycles. The molecule has 1 aromatic rings. The van der Waals surface area contributed by atoms with Gasteiger partial charge in [0.1, 0.15) is 0 Å². The van der Waals surface area contributed by atoms with E-state index in [4.69, 9.17) is 4.52 Å². The number of nitrogens with zero attached hydrogens (tertiary/aromatic N) is 2. The Morgan fingerprint density at radius 2 is 2.60 bits per heavy atom. The highest BCUT2D eigenvalue weighted by Gasteiger charge is 2.23. The van der Waals surface area contributed by atoms with Crippen LogP contribution in [-0.2, 0) is 0 Å². The highest BCUT2D eigenvalue weighted by atomic mass is 16.5. The van der Waals surface area contributed by atoms with Crippen LogP contribution in [0, 0.1) is 0 Å². The topological polar surface area (TPSA) is 80.0 Å². The number of carbonyl (C=O) groups excluding carboxylic acids is 1. The molecule has 1 fully saturated rings. The lowest BCUT2D eigenvalue weighted by molar-refractivity contribution is 0.0942. The van der Waals surface area contributed by atoms with Gasteiger partial charge in [0.15, 0.2) is 0 Å². The van der Waals surface area contributed by atoms with Gasteiger partial charge in [-0.3, -0.25) is 4.79 Å². The van der Waals surface area contributed by atoms with Gasteiger partial charge < -0.3 is 15.2 Å². The fourth-order valence-electron chi connectivity index (χ4n) is 1.60. The highest BCUT2D eigenvalue weighted by Crippen LogP contribution is 2.20. The van der Waals surface area contributed by atoms with E-state index in [0.717, 1.165) is 19.4 Å². The van der Waals surface area contributed by atoms with Crippen molar-refractivity contribution in [2.75, 3.05) is 13.1 Å². The van der Waals surface area contributed by atoms with Crippen molar-refractivity contribution >= 4 is 5.91 Å². The molecule has 15 heavy (non-hydrogen) atoms. The van der Waals surface area contributed by atoms with E-state index < -0.39 is 0 Å². The fraction of sp³-hybridized carbons (Fsp3) is 0.667. The number of carbonyl (C=O) groups is 1. The summed E-state index contributed by atoms with van der Waals surface area (Å²) >= 11 is 0. The summed E-state index contributed by atoms with van der Waals surface area (Å²) in [6.07, 6.45) is 2.08. The quantitative estimate of drug-likeness (QED) is 0.747. The second kappa shape index (κ2) is 4.39. The minimum atomic E-state index is -0.287. The second-order valence-electron chi connectivity index (χ2n) is 3.46. The number of rotatable bonds is 3. The first-order valence-electron chi connectivity index (χ1n) is 5.16. The zero-order valence-electron chi connectivity index (χ0n) is 8.62. The summed E-state index contributed by atoms with van der Waals surface area (Å²) in [6.45, 7) is 3.37. The van der Waals surface area contributed by atoms with Crippen molar-refractivity contribution in [3.63, 3.8) is 0 Å². The first kappa shape index (κ1) is 10.1. The Hall–Kier alpha value is -1.43. The Bertz CT molecular complexity index is 344. The molecular weight excluding hydrogens is 196 g/mol. The van der Waals surface area contributed by atoms with E-state index in [2.05, 4.69) is 20.8 Å². The van der Waals surface area contributed by atoms with Crippen LogP contribution in [-0.4, -0.2) is 29.1 Å². The predicted octanol–water partition coefficient (Wildman–Crippen LogP) is 0.244. The number of amides is 1. The molecule has 82 valence electrons. The van der Waals surface area contributed by atoms with Gasteiger partial charge in [-0.1, -0.05) is 5.16 Å². The summed E-state index contributed by atoms with van der Waals surface area (Å²) < 4.78 is 5.03. The van der Waals surface area contributed by atoms with Crippen LogP contribution >= 0.6 is 0 Å². The van der Waals surface area contributed by atoms with Crippen molar-refractivity contribution in [2.24, 2.45) is 0 Å². The summed E-state index contributed by atoms with van der Waals surface area (Å²) in [5.41, 5.74) is 0. The Labute approximate surface area is 87.4 Å². The van der Waals surface area contributed by atoms with E-state index in [0.29, 0.717) is 12.4 Å². The molecule has 1 aliphatic rings. The van der Waals surface area contributed by atoms with E-state index in [-0.39, 0.29) is 17.8 Å². The van der Waals surface area contributed by atoms with Crippen molar-refractivity contribution in [3.8, 4) is 0 Å². The van der Waals surface area contributed by atoms with Gasteiger partial charge >= 0.3 is 0 Å². The Kier molecular flexibility index (Phi) is 2.96. The standard InChI is InChI=1S/C9H14N4O2/c1-2-10-8(14)7-12-9(15-13-7)6-4-3-5-11-6/h6,11H,2-5H2,1H3,(H,10,14)/t6-/m0/s1. The van der Waals surface area contributed by atoms with Crippen molar-refractivity contribution in [1.82, 2.24) is 20.8 Å². The molecule has 0 saturated carbocycles. The molecule has 0 spiro atoms. The van der Waals surface area contributed by atoms with Crippen LogP contribution in [0.5, 0.6) is 0 Å². The van der Waals surface area contributed by atoms with Gasteiger partial charge in [-0.15, -0.1) is 0 Å². The molecule has 0 radical (unpaired) electrons. The van der Waals surface area contributed by atoms with Crippen LogP contribution < -0.4 is 10.6 Å². The Morgan fingerprint density at radius 1 is 1.73 bits per heavy atom. The van der Waals surface area contributed by atoms with E-state index in [1.807, 2.05) is 6.92 Å². The fourth-order valence-corrected chi connectivity index (χ4v) is 1.60. The lowest BCUT2D eigenvalue weighted by Gasteiger charge is -2.01. The number of hydrogen-bond acceptors (Lipinski definition) is 5. The Morgan fingerprint density at radius 3 is 3.27 bits per heavy atom. The maximum absolute atomic E-state index is 11.4. The van der Waals surface area contributed by atoms with Crippen LogP contribution in [0.1, 0.15) is 42.3 Å². The smallest absolute Gasteiger partial charge is 0.292 e. The van der Waals surface area contributed by atoms with Crippen LogP contribution in [0.4, 0.5) is 0 Å². The maximum atomic E-state index is 11.4. The van der Waals surface area contributed by atoms with E-state index in [1.54, 1.807) is 0 Å². The number of hydrogen-bond donors (Lipinski definition) is 2. The molecule has 0 bridgehead atoms. The zero-order valence-corrected chi connectivity index (χ0v) is 8.62. The summed E-state index contributed by atoms with van der Waals surface area (Å²) in [4.78, 5) is 15.4. The molecule has 2 N–H and O–H groups in total. The van der Waals surface area contributed by atoms with Crippen LogP contribution in [0.25, 0.3) is 0 Å². The molecular formula is C9H14N4O2. The Balaban J connectivity index is 2.06. The van der Waals surface area contributed by atoms with Gasteiger partial charge in [0.25, 0.3) is 11.7 Å². The molecule has 1 amide bonds. The maximum Gasteiger partial charge on any atom is 0.292 e. The summed E-state index contributed by atoms with van der Waals surface area (Å²) in [6, 6.07) is 0.112. The van der Waals surface area contributed by atoms with Crippen molar-refractivity contribution in [1.29, 1.82) is 0 Å². The van der Waals surface area contributed by atoms with E-state index in [1.165, 1.54) is 0 Å². The monoisotopic (exact) mass is 210 g/mol. The van der Waals surface area contributed by atoms with Crippen molar-refractivity contribution in [3.05, 3.63) is 11.7 Å². The first-order chi connectivity index (χ1) is 7.31. The number of aromatic nitrogens is 2. The van der Waals surface area contributed by atoms with Crippen LogP contribution in [0.2, 0.25) is 0 Å². The van der Waals surface area contributed by atoms with Gasteiger partial charge in [0.2, 0.25) is 5.89 Å². The van der Waals surface area contributed by atoms with E-state index in [9.17, 15) is 4.79 Å². The van der Waals surface area contributed by atoms with Crippen LogP contribution in [0.15, 0.2) is 4.52 Å². The van der Waals surface area contributed by atoms with Gasteiger partial charge in [-0.2, -0.15) is 4.98 Å². The lowest BCUT2D eigenvalue weighted by atomic mass is 10.2. The van der Waals surface area contributed by atoms with Gasteiger partial charge in [-0.25, -0.2) is 0 Å². The molecule has 1 saturated heterocycles. The average molecular weight is 210 g/mol. The third-order valence-electron chi connectivity index (χ3n) is 2.34. The minimum Gasteiger partial charge on any atom is -0.349 e. The lowest BCUT2D eigenvalue weighted by Crippen LogP contribution is -2.24. The summed E-state index contributed by atoms with van der Waals surface area (Å²) in [7, 11) is 0. The van der Waals surface area contributed by atoms with Crippen molar-refractivity contribution in [2.45, 2.75) is 25.8 Å². The molecule has 6 nitrogen and oxygen atoms in total. The first-order valence-corrected chi connectivity index (χ1v) is 5.16. The predicted molar refractivity (Wildman–Crippen MR) is 52.3 cm³/mol. The second-order valence-corrected chi connectivity index (χ2v) is 3.46. The minimum absolute atomic E-state index is 0.112. The molecule has 0 unspecified atom stereocenters. The summed E-state index contributed by atoms with van der Waals surface area (Å²) in [5, 5.41) is 9.49. The van der Waals surface area contributed by atoms with Crippen LogP contribution in [0.3, 0.4) is 0 Å².